The molecule has 1 fully saturated rings. The van der Waals surface area contributed by atoms with Crippen LogP contribution in [0, 0.1) is 6.92 Å². The Morgan fingerprint density at radius 3 is 2.75 bits per heavy atom. The molecule has 2 aromatic heterocycles. The predicted molar refractivity (Wildman–Crippen MR) is 85.3 cm³/mol. The van der Waals surface area contributed by atoms with E-state index >= 15 is 0 Å². The second-order valence-electron chi connectivity index (χ2n) is 5.00. The number of nitrogens with one attached hydrogen (secondary N) is 1. The first-order valence-electron chi connectivity index (χ1n) is 6.65. The van der Waals surface area contributed by atoms with Crippen molar-refractivity contribution in [3.05, 3.63) is 37.9 Å². The largest absolute Gasteiger partial charge is 0.369 e. The van der Waals surface area contributed by atoms with Gasteiger partial charge in [0.2, 0.25) is 0 Å². The lowest BCUT2D eigenvalue weighted by atomic mass is 10.3. The maximum absolute atomic E-state index is 6.18. The summed E-state index contributed by atoms with van der Waals surface area (Å²) in [6.45, 7) is 2.76. The van der Waals surface area contributed by atoms with Crippen molar-refractivity contribution in [2.45, 2.75) is 32.1 Å². The first-order valence-corrected chi connectivity index (χ1v) is 8.23. The van der Waals surface area contributed by atoms with Crippen LogP contribution in [0.1, 0.15) is 35.0 Å². The van der Waals surface area contributed by atoms with Crippen molar-refractivity contribution >= 4 is 40.4 Å². The number of hydrogen-bond acceptors (Lipinski definition) is 4. The van der Waals surface area contributed by atoms with Crippen molar-refractivity contribution in [2.24, 2.45) is 0 Å². The van der Waals surface area contributed by atoms with Gasteiger partial charge < -0.3 is 5.32 Å². The summed E-state index contributed by atoms with van der Waals surface area (Å²) in [6, 6.07) is 3.99. The van der Waals surface area contributed by atoms with Crippen LogP contribution in [0.3, 0.4) is 0 Å². The molecule has 3 rings (SSSR count). The van der Waals surface area contributed by atoms with Gasteiger partial charge in [0, 0.05) is 22.9 Å². The molecule has 2 aromatic rings. The third-order valence-corrected chi connectivity index (χ3v) is 5.00. The molecular formula is C14H15Cl2N3S. The highest BCUT2D eigenvalue weighted by Gasteiger charge is 2.27. The SMILES string of the molecule is Cc1c(Cl)nc(C2CC2)nc1NCCc1ccc(Cl)s1. The van der Waals surface area contributed by atoms with E-state index in [0.29, 0.717) is 11.1 Å². The third kappa shape index (κ3) is 3.25. The summed E-state index contributed by atoms with van der Waals surface area (Å²) in [4.78, 5) is 10.2. The summed E-state index contributed by atoms with van der Waals surface area (Å²) in [6.07, 6.45) is 3.27. The third-order valence-electron chi connectivity index (χ3n) is 3.34. The van der Waals surface area contributed by atoms with Gasteiger partial charge in [-0.05, 0) is 38.3 Å². The minimum absolute atomic E-state index is 0.504. The summed E-state index contributed by atoms with van der Waals surface area (Å²) >= 11 is 13.7. The van der Waals surface area contributed by atoms with E-state index in [1.165, 1.54) is 17.7 Å². The van der Waals surface area contributed by atoms with Crippen molar-refractivity contribution in [3.8, 4) is 0 Å². The Morgan fingerprint density at radius 1 is 1.30 bits per heavy atom. The second-order valence-corrected chi connectivity index (χ2v) is 7.16. The summed E-state index contributed by atoms with van der Waals surface area (Å²) in [5, 5.41) is 3.92. The van der Waals surface area contributed by atoms with Gasteiger partial charge in [0.15, 0.2) is 0 Å². The number of halogens is 2. The minimum Gasteiger partial charge on any atom is -0.369 e. The first kappa shape index (κ1) is 14.1. The van der Waals surface area contributed by atoms with Gasteiger partial charge >= 0.3 is 0 Å². The average molecular weight is 328 g/mol. The number of thiophene rings is 1. The molecule has 3 nitrogen and oxygen atoms in total. The smallest absolute Gasteiger partial charge is 0.137 e. The van der Waals surface area contributed by atoms with E-state index in [2.05, 4.69) is 21.4 Å². The Kier molecular flexibility index (Phi) is 4.15. The van der Waals surface area contributed by atoms with E-state index in [4.69, 9.17) is 23.2 Å². The van der Waals surface area contributed by atoms with E-state index in [9.17, 15) is 0 Å². The molecule has 106 valence electrons. The molecule has 0 spiro atoms. The summed E-state index contributed by atoms with van der Waals surface area (Å²) < 4.78 is 0.831. The van der Waals surface area contributed by atoms with E-state index in [1.807, 2.05) is 13.0 Å². The number of anilines is 1. The number of aromatic nitrogens is 2. The molecule has 1 aliphatic rings. The lowest BCUT2D eigenvalue weighted by Gasteiger charge is -2.10. The van der Waals surface area contributed by atoms with Gasteiger partial charge in [-0.2, -0.15) is 0 Å². The molecule has 0 aliphatic heterocycles. The van der Waals surface area contributed by atoms with Crippen LogP contribution in [0.15, 0.2) is 12.1 Å². The maximum atomic E-state index is 6.18. The van der Waals surface area contributed by atoms with Crippen molar-refractivity contribution in [3.63, 3.8) is 0 Å². The van der Waals surface area contributed by atoms with Gasteiger partial charge in [0.05, 0.1) is 4.34 Å². The lowest BCUT2D eigenvalue weighted by molar-refractivity contribution is 0.907. The van der Waals surface area contributed by atoms with E-state index in [-0.39, 0.29) is 0 Å². The van der Waals surface area contributed by atoms with Gasteiger partial charge in [-0.15, -0.1) is 11.3 Å². The molecule has 20 heavy (non-hydrogen) atoms. The van der Waals surface area contributed by atoms with Crippen LogP contribution in [-0.4, -0.2) is 16.5 Å². The van der Waals surface area contributed by atoms with Crippen molar-refractivity contribution in [2.75, 3.05) is 11.9 Å². The van der Waals surface area contributed by atoms with Crippen molar-refractivity contribution < 1.29 is 0 Å². The molecule has 0 amide bonds. The fraction of sp³-hybridized carbons (Fsp3) is 0.429. The first-order chi connectivity index (χ1) is 9.63. The van der Waals surface area contributed by atoms with Crippen LogP contribution in [0.5, 0.6) is 0 Å². The zero-order valence-corrected chi connectivity index (χ0v) is 13.4. The Bertz CT molecular complexity index is 623. The van der Waals surface area contributed by atoms with Crippen LogP contribution in [0.2, 0.25) is 9.49 Å². The van der Waals surface area contributed by atoms with Gasteiger partial charge in [-0.1, -0.05) is 23.2 Å². The van der Waals surface area contributed by atoms with E-state index in [0.717, 1.165) is 34.5 Å². The molecule has 2 heterocycles. The van der Waals surface area contributed by atoms with Crippen LogP contribution < -0.4 is 5.32 Å². The molecule has 0 bridgehead atoms. The summed E-state index contributed by atoms with van der Waals surface area (Å²) in [7, 11) is 0. The second kappa shape index (κ2) is 5.88. The van der Waals surface area contributed by atoms with Crippen LogP contribution >= 0.6 is 34.5 Å². The standard InChI is InChI=1S/C14H15Cl2N3S/c1-8-12(16)18-14(9-2-3-9)19-13(8)17-7-6-10-4-5-11(15)20-10/h4-5,9H,2-3,6-7H2,1H3,(H,17,18,19). The zero-order valence-electron chi connectivity index (χ0n) is 11.1. The zero-order chi connectivity index (χ0) is 14.1. The van der Waals surface area contributed by atoms with Crippen molar-refractivity contribution in [1.82, 2.24) is 9.97 Å². The highest BCUT2D eigenvalue weighted by molar-refractivity contribution is 7.16. The van der Waals surface area contributed by atoms with Crippen LogP contribution in [-0.2, 0) is 6.42 Å². The van der Waals surface area contributed by atoms with Gasteiger partial charge in [-0.3, -0.25) is 0 Å². The summed E-state index contributed by atoms with van der Waals surface area (Å²) in [5.74, 6) is 2.24. The Morgan fingerprint density at radius 2 is 2.10 bits per heavy atom. The molecule has 0 radical (unpaired) electrons. The molecular weight excluding hydrogens is 313 g/mol. The molecule has 0 aromatic carbocycles. The number of nitrogens with zero attached hydrogens (tertiary/aromatic N) is 2. The normalized spacial score (nSPS) is 14.6. The molecule has 1 aliphatic carbocycles. The van der Waals surface area contributed by atoms with Gasteiger partial charge in [0.1, 0.15) is 16.8 Å². The van der Waals surface area contributed by atoms with E-state index < -0.39 is 0 Å². The van der Waals surface area contributed by atoms with Crippen LogP contribution in [0.25, 0.3) is 0 Å². The molecule has 6 heteroatoms. The number of hydrogen-bond donors (Lipinski definition) is 1. The van der Waals surface area contributed by atoms with Crippen LogP contribution in [0.4, 0.5) is 5.82 Å². The Balaban J connectivity index is 1.67. The van der Waals surface area contributed by atoms with Gasteiger partial charge in [0.25, 0.3) is 0 Å². The molecule has 1 N–H and O–H groups in total. The fourth-order valence-corrected chi connectivity index (χ4v) is 3.26. The number of rotatable bonds is 5. The van der Waals surface area contributed by atoms with Crippen molar-refractivity contribution in [1.29, 1.82) is 0 Å². The molecule has 1 saturated carbocycles. The fourth-order valence-electron chi connectivity index (χ4n) is 1.99. The lowest BCUT2D eigenvalue weighted by Crippen LogP contribution is -2.09. The average Bonchev–Trinajstić information content (AvgIpc) is 3.18. The topological polar surface area (TPSA) is 37.8 Å². The Hall–Kier alpha value is -0.840. The molecule has 0 atom stereocenters. The quantitative estimate of drug-likeness (QED) is 0.810. The molecule has 0 saturated heterocycles. The predicted octanol–water partition coefficient (Wildman–Crippen LogP) is 4.69. The highest BCUT2D eigenvalue weighted by Crippen LogP contribution is 2.39. The molecule has 0 unspecified atom stereocenters. The van der Waals surface area contributed by atoms with Gasteiger partial charge in [-0.25, -0.2) is 9.97 Å². The maximum Gasteiger partial charge on any atom is 0.137 e. The summed E-state index contributed by atoms with van der Waals surface area (Å²) in [5.41, 5.74) is 0.917. The minimum atomic E-state index is 0.504. The highest BCUT2D eigenvalue weighted by atomic mass is 35.5. The van der Waals surface area contributed by atoms with E-state index in [1.54, 1.807) is 11.3 Å². The Labute approximate surface area is 132 Å². The monoisotopic (exact) mass is 327 g/mol.